The van der Waals surface area contributed by atoms with Gasteiger partial charge < -0.3 is 10.2 Å². The molecule has 2 aromatic rings. The predicted molar refractivity (Wildman–Crippen MR) is 96.5 cm³/mol. The van der Waals surface area contributed by atoms with Gasteiger partial charge in [-0.3, -0.25) is 0 Å². The van der Waals surface area contributed by atoms with Gasteiger partial charge in [0.1, 0.15) is 11.5 Å². The van der Waals surface area contributed by atoms with E-state index in [1.54, 1.807) is 0 Å². The molecule has 0 fully saturated rings. The molecule has 2 N–H and O–H groups in total. The van der Waals surface area contributed by atoms with Crippen LogP contribution in [-0.4, -0.2) is 10.2 Å². The van der Waals surface area contributed by atoms with E-state index in [0.29, 0.717) is 17.4 Å². The number of hydrogen-bond donors (Lipinski definition) is 2. The van der Waals surface area contributed by atoms with E-state index in [1.807, 2.05) is 39.8 Å². The van der Waals surface area contributed by atoms with E-state index in [4.69, 9.17) is 0 Å². The molecule has 0 saturated heterocycles. The molecular weight excluding hydrogens is 284 g/mol. The van der Waals surface area contributed by atoms with Gasteiger partial charge in [0.2, 0.25) is 0 Å². The second-order valence-electron chi connectivity index (χ2n) is 6.90. The van der Waals surface area contributed by atoms with Gasteiger partial charge in [0, 0.05) is 17.0 Å². The van der Waals surface area contributed by atoms with Crippen LogP contribution in [0.15, 0.2) is 24.3 Å². The van der Waals surface area contributed by atoms with Crippen molar-refractivity contribution in [1.29, 1.82) is 0 Å². The highest BCUT2D eigenvalue weighted by molar-refractivity contribution is 5.53. The largest absolute Gasteiger partial charge is 0.507 e. The molecule has 0 heterocycles. The Morgan fingerprint density at radius 1 is 0.783 bits per heavy atom. The molecule has 23 heavy (non-hydrogen) atoms. The van der Waals surface area contributed by atoms with Crippen LogP contribution in [-0.2, 0) is 0 Å². The third-order valence-corrected chi connectivity index (χ3v) is 4.83. The molecule has 2 aromatic carbocycles. The lowest BCUT2D eigenvalue weighted by atomic mass is 9.77. The van der Waals surface area contributed by atoms with Crippen LogP contribution < -0.4 is 0 Å². The number of aromatic hydroxyl groups is 2. The maximum absolute atomic E-state index is 10.6. The Hall–Kier alpha value is -1.96. The van der Waals surface area contributed by atoms with Gasteiger partial charge in [-0.05, 0) is 44.7 Å². The number of aryl methyl sites for hydroxylation is 4. The first-order chi connectivity index (χ1) is 10.8. The molecule has 2 heteroatoms. The molecule has 2 nitrogen and oxygen atoms in total. The number of hydrogen-bond acceptors (Lipinski definition) is 2. The Labute approximate surface area is 139 Å². The molecule has 0 radical (unpaired) electrons. The zero-order chi connectivity index (χ0) is 17.3. The molecule has 124 valence electrons. The van der Waals surface area contributed by atoms with Crippen molar-refractivity contribution in [1.82, 2.24) is 0 Å². The van der Waals surface area contributed by atoms with E-state index >= 15 is 0 Å². The maximum atomic E-state index is 10.6. The van der Waals surface area contributed by atoms with Crippen molar-refractivity contribution in [2.24, 2.45) is 5.92 Å². The van der Waals surface area contributed by atoms with Gasteiger partial charge in [-0.1, -0.05) is 55.7 Å². The zero-order valence-corrected chi connectivity index (χ0v) is 15.1. The highest BCUT2D eigenvalue weighted by atomic mass is 16.3. The zero-order valence-electron chi connectivity index (χ0n) is 15.1. The molecule has 1 atom stereocenters. The van der Waals surface area contributed by atoms with Gasteiger partial charge in [0.15, 0.2) is 0 Å². The average Bonchev–Trinajstić information content (AvgIpc) is 2.48. The minimum atomic E-state index is -0.0165. The first kappa shape index (κ1) is 17.4. The summed E-state index contributed by atoms with van der Waals surface area (Å²) in [5.41, 5.74) is 5.86. The van der Waals surface area contributed by atoms with Crippen molar-refractivity contribution in [3.63, 3.8) is 0 Å². The summed E-state index contributed by atoms with van der Waals surface area (Å²) in [5, 5.41) is 21.3. The molecular formula is C21H28O2. The van der Waals surface area contributed by atoms with Crippen LogP contribution in [0, 0.1) is 33.6 Å². The van der Waals surface area contributed by atoms with E-state index in [-0.39, 0.29) is 5.92 Å². The predicted octanol–water partition coefficient (Wildman–Crippen LogP) is 5.51. The third kappa shape index (κ3) is 3.36. The highest BCUT2D eigenvalue weighted by Crippen LogP contribution is 2.44. The Kier molecular flexibility index (Phi) is 5.03. The van der Waals surface area contributed by atoms with Crippen molar-refractivity contribution in [2.75, 3.05) is 0 Å². The summed E-state index contributed by atoms with van der Waals surface area (Å²) in [4.78, 5) is 0. The van der Waals surface area contributed by atoms with Crippen LogP contribution in [0.5, 0.6) is 11.5 Å². The molecule has 0 saturated carbocycles. The fraction of sp³-hybridized carbons (Fsp3) is 0.429. The molecule has 0 unspecified atom stereocenters. The third-order valence-electron chi connectivity index (χ3n) is 4.83. The smallest absolute Gasteiger partial charge is 0.122 e. The summed E-state index contributed by atoms with van der Waals surface area (Å²) in [6.07, 6.45) is 0.976. The van der Waals surface area contributed by atoms with Gasteiger partial charge >= 0.3 is 0 Å². The van der Waals surface area contributed by atoms with Gasteiger partial charge in [-0.25, -0.2) is 0 Å². The normalized spacial score (nSPS) is 12.7. The van der Waals surface area contributed by atoms with Crippen molar-refractivity contribution in [3.8, 4) is 11.5 Å². The minimum absolute atomic E-state index is 0.0165. The van der Waals surface area contributed by atoms with Crippen LogP contribution in [0.1, 0.15) is 59.6 Å². The van der Waals surface area contributed by atoms with Crippen molar-refractivity contribution in [3.05, 3.63) is 57.6 Å². The van der Waals surface area contributed by atoms with E-state index in [0.717, 1.165) is 39.8 Å². The van der Waals surface area contributed by atoms with E-state index in [2.05, 4.69) is 26.0 Å². The quantitative estimate of drug-likeness (QED) is 0.781. The number of rotatable bonds is 4. The molecule has 0 spiro atoms. The number of phenols is 2. The lowest BCUT2D eigenvalue weighted by Gasteiger charge is -2.27. The summed E-state index contributed by atoms with van der Waals surface area (Å²) in [5.74, 6) is 0.991. The average molecular weight is 312 g/mol. The highest BCUT2D eigenvalue weighted by Gasteiger charge is 2.27. The topological polar surface area (TPSA) is 40.5 Å². The molecule has 0 aromatic heterocycles. The second kappa shape index (κ2) is 6.66. The lowest BCUT2D eigenvalue weighted by molar-refractivity contribution is 0.417. The van der Waals surface area contributed by atoms with E-state index in [1.165, 1.54) is 0 Å². The molecule has 0 amide bonds. The Bertz CT molecular complexity index is 659. The maximum Gasteiger partial charge on any atom is 0.122 e. The first-order valence-electron chi connectivity index (χ1n) is 8.36. The summed E-state index contributed by atoms with van der Waals surface area (Å²) in [6.45, 7) is 12.3. The van der Waals surface area contributed by atoms with Crippen molar-refractivity contribution < 1.29 is 10.2 Å². The molecule has 0 aliphatic rings. The van der Waals surface area contributed by atoms with Gasteiger partial charge in [-0.2, -0.15) is 0 Å². The Morgan fingerprint density at radius 2 is 1.17 bits per heavy atom. The standard InChI is InChI=1S/C21H28O2/c1-7-14(4)19(17-10-12(2)8-15(5)20(17)22)18-11-13(3)9-16(6)21(18)23/h8-11,14,19,22-23H,7H2,1-6H3/t14-/m0/s1. The monoisotopic (exact) mass is 312 g/mol. The molecule has 0 aliphatic carbocycles. The van der Waals surface area contributed by atoms with Gasteiger partial charge in [0.05, 0.1) is 0 Å². The fourth-order valence-corrected chi connectivity index (χ4v) is 3.48. The van der Waals surface area contributed by atoms with E-state index in [9.17, 15) is 10.2 Å². The first-order valence-corrected chi connectivity index (χ1v) is 8.36. The van der Waals surface area contributed by atoms with E-state index < -0.39 is 0 Å². The SMILES string of the molecule is CC[C@H](C)C(c1cc(C)cc(C)c1O)c1cc(C)cc(C)c1O. The van der Waals surface area contributed by atoms with Crippen LogP contribution in [0.4, 0.5) is 0 Å². The number of benzene rings is 2. The van der Waals surface area contributed by atoms with Crippen LogP contribution in [0.25, 0.3) is 0 Å². The second-order valence-corrected chi connectivity index (χ2v) is 6.90. The summed E-state index contributed by atoms with van der Waals surface area (Å²) in [6, 6.07) is 8.09. The molecule has 0 aliphatic heterocycles. The van der Waals surface area contributed by atoms with Crippen molar-refractivity contribution in [2.45, 2.75) is 53.9 Å². The molecule has 2 rings (SSSR count). The number of phenolic OH excluding ortho intramolecular Hbond substituents is 2. The van der Waals surface area contributed by atoms with Gasteiger partial charge in [0.25, 0.3) is 0 Å². The Balaban J connectivity index is 2.74. The lowest BCUT2D eigenvalue weighted by Crippen LogP contribution is -2.13. The summed E-state index contributed by atoms with van der Waals surface area (Å²) < 4.78 is 0. The Morgan fingerprint density at radius 3 is 1.52 bits per heavy atom. The summed E-state index contributed by atoms with van der Waals surface area (Å²) >= 11 is 0. The molecule has 0 bridgehead atoms. The van der Waals surface area contributed by atoms with Gasteiger partial charge in [-0.15, -0.1) is 0 Å². The van der Waals surface area contributed by atoms with Crippen LogP contribution >= 0.6 is 0 Å². The minimum Gasteiger partial charge on any atom is -0.507 e. The fourth-order valence-electron chi connectivity index (χ4n) is 3.48. The summed E-state index contributed by atoms with van der Waals surface area (Å²) in [7, 11) is 0. The van der Waals surface area contributed by atoms with Crippen LogP contribution in [0.2, 0.25) is 0 Å². The van der Waals surface area contributed by atoms with Crippen molar-refractivity contribution >= 4 is 0 Å². The van der Waals surface area contributed by atoms with Crippen LogP contribution in [0.3, 0.4) is 0 Å².